The molecule has 0 unspecified atom stereocenters. The van der Waals surface area contributed by atoms with E-state index in [1.807, 2.05) is 0 Å². The number of anilines is 1. The highest BCUT2D eigenvalue weighted by Crippen LogP contribution is 2.29. The van der Waals surface area contributed by atoms with Crippen LogP contribution in [0, 0.1) is 0 Å². The van der Waals surface area contributed by atoms with Crippen LogP contribution in [-0.4, -0.2) is 17.0 Å². The molecule has 0 bridgehead atoms. The first-order valence-electron chi connectivity index (χ1n) is 4.16. The molecule has 0 radical (unpaired) electrons. The van der Waals surface area contributed by atoms with Gasteiger partial charge in [0, 0.05) is 12.2 Å². The van der Waals surface area contributed by atoms with Crippen molar-refractivity contribution in [2.45, 2.75) is 0 Å². The Balaban J connectivity index is 2.78. The largest absolute Gasteiger partial charge is 0.478 e. The van der Waals surface area contributed by atoms with Crippen molar-refractivity contribution in [3.8, 4) is 0 Å². The average molecular weight is 260 g/mol. The number of carbonyl (C=O) groups is 2. The number of aliphatic carboxylic acids is 1. The van der Waals surface area contributed by atoms with Gasteiger partial charge in [0.1, 0.15) is 0 Å². The first-order valence-corrected chi connectivity index (χ1v) is 4.92. The maximum Gasteiger partial charge on any atom is 0.328 e. The summed E-state index contributed by atoms with van der Waals surface area (Å²) in [6.45, 7) is 0. The first kappa shape index (κ1) is 12.5. The van der Waals surface area contributed by atoms with Gasteiger partial charge in [0.25, 0.3) is 0 Å². The molecule has 0 atom stereocenters. The number of halogens is 2. The van der Waals surface area contributed by atoms with Crippen LogP contribution in [0.2, 0.25) is 10.0 Å². The predicted octanol–water partition coefficient (Wildman–Crippen LogP) is 2.57. The molecule has 0 aromatic heterocycles. The van der Waals surface area contributed by atoms with Gasteiger partial charge in [-0.2, -0.15) is 0 Å². The van der Waals surface area contributed by atoms with Crippen molar-refractivity contribution >= 4 is 40.8 Å². The number of hydrogen-bond acceptors (Lipinski definition) is 2. The van der Waals surface area contributed by atoms with E-state index in [9.17, 15) is 9.59 Å². The van der Waals surface area contributed by atoms with E-state index in [-0.39, 0.29) is 5.02 Å². The van der Waals surface area contributed by atoms with Gasteiger partial charge in [0.15, 0.2) is 0 Å². The monoisotopic (exact) mass is 259 g/mol. The second kappa shape index (κ2) is 5.53. The third-order valence-corrected chi connectivity index (χ3v) is 2.41. The molecule has 6 heteroatoms. The van der Waals surface area contributed by atoms with Gasteiger partial charge < -0.3 is 10.4 Å². The maximum atomic E-state index is 11.2. The molecule has 0 saturated carbocycles. The standard InChI is InChI=1S/C10H7Cl2NO3/c11-6-2-1-3-7(10(6)12)13-8(14)4-5-9(15)16/h1-5H,(H,13,14)(H,15,16)/b5-4+. The van der Waals surface area contributed by atoms with E-state index in [0.29, 0.717) is 10.7 Å². The zero-order chi connectivity index (χ0) is 12.1. The lowest BCUT2D eigenvalue weighted by atomic mass is 10.3. The molecule has 0 aliphatic carbocycles. The Bertz CT molecular complexity index is 457. The molecule has 0 aliphatic rings. The molecule has 0 saturated heterocycles. The number of benzene rings is 1. The number of amides is 1. The normalized spacial score (nSPS) is 10.4. The lowest BCUT2D eigenvalue weighted by Gasteiger charge is -2.05. The van der Waals surface area contributed by atoms with Gasteiger partial charge in [-0.05, 0) is 12.1 Å². The lowest BCUT2D eigenvalue weighted by molar-refractivity contribution is -0.131. The third-order valence-electron chi connectivity index (χ3n) is 1.59. The van der Waals surface area contributed by atoms with Crippen molar-refractivity contribution in [1.29, 1.82) is 0 Å². The van der Waals surface area contributed by atoms with E-state index < -0.39 is 11.9 Å². The minimum atomic E-state index is -1.20. The van der Waals surface area contributed by atoms with Crippen LogP contribution in [0.4, 0.5) is 5.69 Å². The minimum absolute atomic E-state index is 0.209. The van der Waals surface area contributed by atoms with Gasteiger partial charge in [0.05, 0.1) is 15.7 Å². The SMILES string of the molecule is O=C(O)/C=C/C(=O)Nc1cccc(Cl)c1Cl. The van der Waals surface area contributed by atoms with Crippen LogP contribution >= 0.6 is 23.2 Å². The fraction of sp³-hybridized carbons (Fsp3) is 0. The van der Waals surface area contributed by atoms with Crippen molar-refractivity contribution < 1.29 is 14.7 Å². The molecule has 1 amide bonds. The summed E-state index contributed by atoms with van der Waals surface area (Å²) in [6.07, 6.45) is 1.62. The molecule has 0 heterocycles. The van der Waals surface area contributed by atoms with Crippen molar-refractivity contribution in [3.63, 3.8) is 0 Å². The Morgan fingerprint density at radius 3 is 2.56 bits per heavy atom. The van der Waals surface area contributed by atoms with Crippen molar-refractivity contribution in [2.75, 3.05) is 5.32 Å². The summed E-state index contributed by atoms with van der Waals surface area (Å²) in [4.78, 5) is 21.4. The highest BCUT2D eigenvalue weighted by Gasteiger charge is 2.06. The highest BCUT2D eigenvalue weighted by atomic mass is 35.5. The summed E-state index contributed by atoms with van der Waals surface area (Å²) in [5.74, 6) is -1.79. The number of rotatable bonds is 3. The quantitative estimate of drug-likeness (QED) is 0.821. The van der Waals surface area contributed by atoms with Gasteiger partial charge in [-0.3, -0.25) is 4.79 Å². The Labute approximate surface area is 101 Å². The van der Waals surface area contributed by atoms with Crippen molar-refractivity contribution in [3.05, 3.63) is 40.4 Å². The van der Waals surface area contributed by atoms with Crippen LogP contribution in [0.1, 0.15) is 0 Å². The highest BCUT2D eigenvalue weighted by molar-refractivity contribution is 6.44. The Hall–Kier alpha value is -1.52. The van der Waals surface area contributed by atoms with Crippen LogP contribution in [0.3, 0.4) is 0 Å². The first-order chi connectivity index (χ1) is 7.50. The summed E-state index contributed by atoms with van der Waals surface area (Å²) in [5, 5.41) is 11.2. The molecular formula is C10H7Cl2NO3. The molecule has 84 valence electrons. The van der Waals surface area contributed by atoms with Gasteiger partial charge in [-0.25, -0.2) is 4.79 Å². The second-order valence-corrected chi connectivity index (χ2v) is 3.55. The Morgan fingerprint density at radius 1 is 1.25 bits per heavy atom. The minimum Gasteiger partial charge on any atom is -0.478 e. The van der Waals surface area contributed by atoms with Gasteiger partial charge in [0.2, 0.25) is 5.91 Å². The third kappa shape index (κ3) is 3.56. The number of carboxylic acid groups (broad SMARTS) is 1. The number of carbonyl (C=O) groups excluding carboxylic acids is 1. The number of hydrogen-bond donors (Lipinski definition) is 2. The van der Waals surface area contributed by atoms with E-state index in [1.165, 1.54) is 0 Å². The van der Waals surface area contributed by atoms with Gasteiger partial charge in [-0.15, -0.1) is 0 Å². The Morgan fingerprint density at radius 2 is 1.94 bits per heavy atom. The van der Waals surface area contributed by atoms with Crippen molar-refractivity contribution in [2.24, 2.45) is 0 Å². The molecule has 1 aromatic rings. The molecule has 1 aromatic carbocycles. The van der Waals surface area contributed by atoms with E-state index in [1.54, 1.807) is 18.2 Å². The lowest BCUT2D eigenvalue weighted by Crippen LogP contribution is -2.09. The summed E-state index contributed by atoms with van der Waals surface area (Å²) in [7, 11) is 0. The van der Waals surface area contributed by atoms with Crippen LogP contribution in [-0.2, 0) is 9.59 Å². The van der Waals surface area contributed by atoms with Crippen molar-refractivity contribution in [1.82, 2.24) is 0 Å². The summed E-state index contributed by atoms with van der Waals surface area (Å²) >= 11 is 11.5. The second-order valence-electron chi connectivity index (χ2n) is 2.76. The predicted molar refractivity (Wildman–Crippen MR) is 61.9 cm³/mol. The fourth-order valence-corrected chi connectivity index (χ4v) is 1.27. The fourth-order valence-electron chi connectivity index (χ4n) is 0.922. The zero-order valence-electron chi connectivity index (χ0n) is 7.91. The topological polar surface area (TPSA) is 66.4 Å². The maximum absolute atomic E-state index is 11.2. The van der Waals surface area contributed by atoms with E-state index in [4.69, 9.17) is 28.3 Å². The van der Waals surface area contributed by atoms with Crippen LogP contribution in [0.15, 0.2) is 30.4 Å². The summed E-state index contributed by atoms with van der Waals surface area (Å²) < 4.78 is 0. The van der Waals surface area contributed by atoms with E-state index >= 15 is 0 Å². The van der Waals surface area contributed by atoms with E-state index in [2.05, 4.69) is 5.32 Å². The molecule has 2 N–H and O–H groups in total. The van der Waals surface area contributed by atoms with Gasteiger partial charge in [-0.1, -0.05) is 29.3 Å². The molecule has 0 aliphatic heterocycles. The number of carboxylic acids is 1. The molecule has 16 heavy (non-hydrogen) atoms. The average Bonchev–Trinajstić information content (AvgIpc) is 2.22. The molecule has 0 spiro atoms. The van der Waals surface area contributed by atoms with Crippen LogP contribution in [0.5, 0.6) is 0 Å². The van der Waals surface area contributed by atoms with E-state index in [0.717, 1.165) is 12.2 Å². The smallest absolute Gasteiger partial charge is 0.328 e. The molecular weight excluding hydrogens is 253 g/mol. The molecule has 0 fully saturated rings. The molecule has 4 nitrogen and oxygen atoms in total. The molecule has 1 rings (SSSR count). The summed E-state index contributed by atoms with van der Waals surface area (Å²) in [6, 6.07) is 4.75. The zero-order valence-corrected chi connectivity index (χ0v) is 9.42. The summed E-state index contributed by atoms with van der Waals surface area (Å²) in [5.41, 5.74) is 0.328. The van der Waals surface area contributed by atoms with Crippen LogP contribution < -0.4 is 5.32 Å². The Kier molecular flexibility index (Phi) is 4.34. The number of nitrogens with one attached hydrogen (secondary N) is 1. The van der Waals surface area contributed by atoms with Gasteiger partial charge >= 0.3 is 5.97 Å². The van der Waals surface area contributed by atoms with Crippen LogP contribution in [0.25, 0.3) is 0 Å².